The highest BCUT2D eigenvalue weighted by Crippen LogP contribution is 2.29. The van der Waals surface area contributed by atoms with Crippen LogP contribution in [0.4, 0.5) is 13.2 Å². The standard InChI is InChI=1S/C12H9F3O2/c13-12(14,15)10-3-1-8(2-4-10)7-9-5-6-17-11(9)16/h1-4,7H,5-6H2/b9-7-. The van der Waals surface area contributed by atoms with Gasteiger partial charge in [0.25, 0.3) is 0 Å². The van der Waals surface area contributed by atoms with Crippen LogP contribution in [0.3, 0.4) is 0 Å². The molecule has 0 N–H and O–H groups in total. The first-order chi connectivity index (χ1) is 7.97. The molecule has 0 aliphatic carbocycles. The van der Waals surface area contributed by atoms with Gasteiger partial charge in [-0.1, -0.05) is 12.1 Å². The lowest BCUT2D eigenvalue weighted by atomic mass is 10.1. The van der Waals surface area contributed by atoms with Gasteiger partial charge in [-0.3, -0.25) is 0 Å². The Kier molecular flexibility index (Phi) is 2.92. The topological polar surface area (TPSA) is 26.3 Å². The zero-order valence-corrected chi connectivity index (χ0v) is 8.75. The molecule has 0 aromatic heterocycles. The van der Waals surface area contributed by atoms with Crippen LogP contribution in [0.25, 0.3) is 6.08 Å². The molecule has 1 saturated heterocycles. The average molecular weight is 242 g/mol. The Labute approximate surface area is 95.7 Å². The van der Waals surface area contributed by atoms with Crippen LogP contribution in [-0.2, 0) is 15.7 Å². The van der Waals surface area contributed by atoms with Crippen molar-refractivity contribution < 1.29 is 22.7 Å². The van der Waals surface area contributed by atoms with E-state index in [9.17, 15) is 18.0 Å². The number of hydrogen-bond acceptors (Lipinski definition) is 2. The molecule has 0 atom stereocenters. The van der Waals surface area contributed by atoms with Crippen molar-refractivity contribution in [3.63, 3.8) is 0 Å². The van der Waals surface area contributed by atoms with Gasteiger partial charge in [0.2, 0.25) is 0 Å². The summed E-state index contributed by atoms with van der Waals surface area (Å²) in [5.41, 5.74) is 0.352. The first-order valence-corrected chi connectivity index (χ1v) is 5.02. The van der Waals surface area contributed by atoms with E-state index in [-0.39, 0.29) is 0 Å². The highest BCUT2D eigenvalue weighted by Gasteiger charge is 2.29. The van der Waals surface area contributed by atoms with E-state index in [1.54, 1.807) is 6.08 Å². The van der Waals surface area contributed by atoms with Gasteiger partial charge in [0, 0.05) is 12.0 Å². The van der Waals surface area contributed by atoms with Crippen molar-refractivity contribution in [2.24, 2.45) is 0 Å². The largest absolute Gasteiger partial charge is 0.462 e. The number of halogens is 3. The smallest absolute Gasteiger partial charge is 0.416 e. The van der Waals surface area contributed by atoms with E-state index in [2.05, 4.69) is 0 Å². The third-order valence-electron chi connectivity index (χ3n) is 2.45. The number of cyclic esters (lactones) is 1. The summed E-state index contributed by atoms with van der Waals surface area (Å²) >= 11 is 0. The van der Waals surface area contributed by atoms with Crippen LogP contribution >= 0.6 is 0 Å². The van der Waals surface area contributed by atoms with Crippen LogP contribution in [0.2, 0.25) is 0 Å². The normalized spacial score (nSPS) is 18.5. The summed E-state index contributed by atoms with van der Waals surface area (Å²) in [6.07, 6.45) is -2.28. The third kappa shape index (κ3) is 2.67. The summed E-state index contributed by atoms with van der Waals surface area (Å²) in [5, 5.41) is 0. The second-order valence-corrected chi connectivity index (χ2v) is 3.68. The van der Waals surface area contributed by atoms with Crippen molar-refractivity contribution in [1.82, 2.24) is 0 Å². The molecular formula is C12H9F3O2. The molecule has 1 aromatic carbocycles. The van der Waals surface area contributed by atoms with E-state index in [0.717, 1.165) is 12.1 Å². The zero-order chi connectivity index (χ0) is 12.5. The van der Waals surface area contributed by atoms with Crippen LogP contribution in [-0.4, -0.2) is 12.6 Å². The highest BCUT2D eigenvalue weighted by atomic mass is 19.4. The van der Waals surface area contributed by atoms with Gasteiger partial charge in [-0.05, 0) is 23.8 Å². The van der Waals surface area contributed by atoms with E-state index in [1.807, 2.05) is 0 Å². The molecule has 0 bridgehead atoms. The Balaban J connectivity index is 2.22. The number of ether oxygens (including phenoxy) is 1. The number of hydrogen-bond donors (Lipinski definition) is 0. The van der Waals surface area contributed by atoms with Crippen LogP contribution in [0, 0.1) is 0 Å². The number of esters is 1. The van der Waals surface area contributed by atoms with Gasteiger partial charge in [0.05, 0.1) is 12.2 Å². The third-order valence-corrected chi connectivity index (χ3v) is 2.45. The molecule has 1 aliphatic rings. The van der Waals surface area contributed by atoms with E-state index in [0.29, 0.717) is 24.2 Å². The second-order valence-electron chi connectivity index (χ2n) is 3.68. The number of carbonyl (C=O) groups is 1. The summed E-state index contributed by atoms with van der Waals surface area (Å²) in [7, 11) is 0. The van der Waals surface area contributed by atoms with Gasteiger partial charge >= 0.3 is 12.1 Å². The van der Waals surface area contributed by atoms with Crippen molar-refractivity contribution in [2.45, 2.75) is 12.6 Å². The first-order valence-electron chi connectivity index (χ1n) is 5.02. The maximum atomic E-state index is 12.3. The molecule has 2 rings (SSSR count). The van der Waals surface area contributed by atoms with Crippen molar-refractivity contribution in [2.75, 3.05) is 6.61 Å². The molecule has 17 heavy (non-hydrogen) atoms. The zero-order valence-electron chi connectivity index (χ0n) is 8.75. The number of alkyl halides is 3. The SMILES string of the molecule is O=C1OCC/C1=C/c1ccc(C(F)(F)F)cc1. The maximum absolute atomic E-state index is 12.3. The summed E-state index contributed by atoms with van der Waals surface area (Å²) in [6.45, 7) is 0.339. The van der Waals surface area contributed by atoms with Crippen molar-refractivity contribution in [3.8, 4) is 0 Å². The number of rotatable bonds is 1. The van der Waals surface area contributed by atoms with Gasteiger partial charge in [-0.15, -0.1) is 0 Å². The van der Waals surface area contributed by atoms with Crippen molar-refractivity contribution in [3.05, 3.63) is 41.0 Å². The number of carbonyl (C=O) groups excluding carboxylic acids is 1. The summed E-state index contributed by atoms with van der Waals surface area (Å²) < 4.78 is 41.6. The summed E-state index contributed by atoms with van der Waals surface area (Å²) in [6, 6.07) is 4.65. The quantitative estimate of drug-likeness (QED) is 0.559. The van der Waals surface area contributed by atoms with Gasteiger partial charge < -0.3 is 4.74 Å². The summed E-state index contributed by atoms with van der Waals surface area (Å²) in [5.74, 6) is -0.398. The molecule has 1 heterocycles. The average Bonchev–Trinajstić information content (AvgIpc) is 2.64. The monoisotopic (exact) mass is 242 g/mol. The van der Waals surface area contributed by atoms with E-state index in [1.165, 1.54) is 12.1 Å². The fourth-order valence-electron chi connectivity index (χ4n) is 1.55. The fourth-order valence-corrected chi connectivity index (χ4v) is 1.55. The molecule has 0 radical (unpaired) electrons. The summed E-state index contributed by atoms with van der Waals surface area (Å²) in [4.78, 5) is 11.1. The molecule has 0 unspecified atom stereocenters. The molecule has 0 amide bonds. The fraction of sp³-hybridized carbons (Fsp3) is 0.250. The van der Waals surface area contributed by atoms with Crippen molar-refractivity contribution >= 4 is 12.0 Å². The molecule has 1 fully saturated rings. The highest BCUT2D eigenvalue weighted by molar-refractivity contribution is 5.95. The van der Waals surface area contributed by atoms with Gasteiger partial charge in [0.1, 0.15) is 0 Å². The van der Waals surface area contributed by atoms with Gasteiger partial charge in [-0.2, -0.15) is 13.2 Å². The molecule has 1 aliphatic heterocycles. The molecule has 1 aromatic rings. The van der Waals surface area contributed by atoms with E-state index in [4.69, 9.17) is 4.74 Å². The Morgan fingerprint density at radius 2 is 1.82 bits per heavy atom. The Bertz CT molecular complexity index is 458. The minimum atomic E-state index is -4.34. The second kappa shape index (κ2) is 4.24. The molecule has 0 saturated carbocycles. The predicted molar refractivity (Wildman–Crippen MR) is 55.0 cm³/mol. The minimum Gasteiger partial charge on any atom is -0.462 e. The van der Waals surface area contributed by atoms with Crippen molar-refractivity contribution in [1.29, 1.82) is 0 Å². The van der Waals surface area contributed by atoms with E-state index >= 15 is 0 Å². The van der Waals surface area contributed by atoms with Gasteiger partial charge in [0.15, 0.2) is 0 Å². The molecule has 0 spiro atoms. The Morgan fingerprint density at radius 1 is 1.18 bits per heavy atom. The maximum Gasteiger partial charge on any atom is 0.416 e. The lowest BCUT2D eigenvalue weighted by molar-refractivity contribution is -0.137. The molecular weight excluding hydrogens is 233 g/mol. The van der Waals surface area contributed by atoms with Crippen LogP contribution in [0.5, 0.6) is 0 Å². The lowest BCUT2D eigenvalue weighted by Gasteiger charge is -2.06. The Morgan fingerprint density at radius 3 is 2.29 bits per heavy atom. The van der Waals surface area contributed by atoms with Crippen LogP contribution < -0.4 is 0 Å². The van der Waals surface area contributed by atoms with Crippen LogP contribution in [0.15, 0.2) is 29.8 Å². The minimum absolute atomic E-state index is 0.339. The number of benzene rings is 1. The first kappa shape index (κ1) is 11.7. The predicted octanol–water partition coefficient (Wildman–Crippen LogP) is 3.04. The lowest BCUT2D eigenvalue weighted by Crippen LogP contribution is -2.04. The molecule has 2 nitrogen and oxygen atoms in total. The molecule has 90 valence electrons. The van der Waals surface area contributed by atoms with Crippen LogP contribution in [0.1, 0.15) is 17.5 Å². The molecule has 5 heteroatoms. The Hall–Kier alpha value is -1.78. The van der Waals surface area contributed by atoms with E-state index < -0.39 is 17.7 Å². The van der Waals surface area contributed by atoms with Gasteiger partial charge in [-0.25, -0.2) is 4.79 Å².